The van der Waals surface area contributed by atoms with E-state index in [1.807, 2.05) is 61.5 Å². The Hall–Kier alpha value is -3.61. The molecule has 0 aliphatic carbocycles. The van der Waals surface area contributed by atoms with Crippen molar-refractivity contribution in [3.63, 3.8) is 0 Å². The minimum Gasteiger partial charge on any atom is -0.482 e. The summed E-state index contributed by atoms with van der Waals surface area (Å²) in [5.74, 6) is 1.92. The Balaban J connectivity index is 1.23. The van der Waals surface area contributed by atoms with E-state index in [4.69, 9.17) is 9.47 Å². The number of piperidine rings is 1. The number of aromatic nitrogens is 2. The van der Waals surface area contributed by atoms with Crippen LogP contribution in [0.1, 0.15) is 26.2 Å². The molecule has 2 aliphatic heterocycles. The van der Waals surface area contributed by atoms with Gasteiger partial charge in [-0.15, -0.1) is 10.2 Å². The van der Waals surface area contributed by atoms with Crippen molar-refractivity contribution in [1.29, 1.82) is 0 Å². The molecule has 1 amide bonds. The second kappa shape index (κ2) is 8.86. The number of carbonyl (C=O) groups is 1. The number of rotatable bonds is 4. The van der Waals surface area contributed by atoms with Crippen LogP contribution in [0.15, 0.2) is 60.7 Å². The number of nitrogens with one attached hydrogen (secondary N) is 1. The lowest BCUT2D eigenvalue weighted by atomic mass is 10.1. The first kappa shape index (κ1) is 20.3. The van der Waals surface area contributed by atoms with Gasteiger partial charge in [-0.1, -0.05) is 24.3 Å². The first-order valence-electron chi connectivity index (χ1n) is 11.1. The minimum atomic E-state index is -0.724. The molecule has 3 aromatic rings. The minimum absolute atomic E-state index is 0.245. The largest absolute Gasteiger partial charge is 0.482 e. The highest BCUT2D eigenvalue weighted by atomic mass is 16.6. The number of hydrogen-bond donors (Lipinski definition) is 1. The first-order valence-corrected chi connectivity index (χ1v) is 11.1. The molecule has 1 fully saturated rings. The lowest BCUT2D eigenvalue weighted by Crippen LogP contribution is -2.46. The number of carbonyl (C=O) groups excluding carboxylic acids is 1. The molecule has 0 spiro atoms. The average Bonchev–Trinajstić information content (AvgIpc) is 2.85. The highest BCUT2D eigenvalue weighted by Crippen LogP contribution is 2.33. The van der Waals surface area contributed by atoms with Crippen LogP contribution >= 0.6 is 0 Å². The zero-order chi connectivity index (χ0) is 21.9. The predicted molar refractivity (Wildman–Crippen MR) is 123 cm³/mol. The van der Waals surface area contributed by atoms with Crippen LogP contribution in [0.2, 0.25) is 0 Å². The zero-order valence-corrected chi connectivity index (χ0v) is 18.0. The molecule has 0 saturated carbocycles. The van der Waals surface area contributed by atoms with Crippen LogP contribution in [0.4, 0.5) is 11.5 Å². The standard InChI is InChI=1S/C25H26N4O3/c1-17-24(32-22-8-4-3-7-21(22)31-17)25(30)26-19-11-9-18(10-12-19)20-13-14-23(28-27-20)29-15-5-2-6-16-29/h3-4,7-14,17,24H,2,5-6,15-16H2,1H3,(H,26,30)/t17-,24-/m0/s1. The fourth-order valence-electron chi connectivity index (χ4n) is 4.11. The fourth-order valence-corrected chi connectivity index (χ4v) is 4.11. The molecule has 2 aliphatic rings. The number of fused-ring (bicyclic) bond motifs is 1. The van der Waals surface area contributed by atoms with Crippen molar-refractivity contribution < 1.29 is 14.3 Å². The Morgan fingerprint density at radius 2 is 1.62 bits per heavy atom. The van der Waals surface area contributed by atoms with Gasteiger partial charge in [0.1, 0.15) is 6.10 Å². The summed E-state index contributed by atoms with van der Waals surface area (Å²) in [4.78, 5) is 15.1. The fraction of sp³-hybridized carbons (Fsp3) is 0.320. The Bertz CT molecular complexity index is 1080. The first-order chi connectivity index (χ1) is 15.7. The van der Waals surface area contributed by atoms with Gasteiger partial charge in [-0.05, 0) is 62.6 Å². The number of anilines is 2. The van der Waals surface area contributed by atoms with Crippen molar-refractivity contribution in [2.45, 2.75) is 38.4 Å². The normalized spacial score (nSPS) is 20.0. The maximum atomic E-state index is 12.8. The zero-order valence-electron chi connectivity index (χ0n) is 18.0. The number of para-hydroxylation sites is 2. The van der Waals surface area contributed by atoms with Crippen molar-refractivity contribution in [1.82, 2.24) is 10.2 Å². The Labute approximate surface area is 187 Å². The molecule has 0 bridgehead atoms. The summed E-state index contributed by atoms with van der Waals surface area (Å²) >= 11 is 0. The quantitative estimate of drug-likeness (QED) is 0.665. The molecule has 0 radical (unpaired) electrons. The second-order valence-corrected chi connectivity index (χ2v) is 8.20. The van der Waals surface area contributed by atoms with E-state index in [2.05, 4.69) is 20.4 Å². The van der Waals surface area contributed by atoms with Crippen LogP contribution < -0.4 is 19.7 Å². The molecule has 1 N–H and O–H groups in total. The van der Waals surface area contributed by atoms with E-state index in [9.17, 15) is 4.79 Å². The average molecular weight is 431 g/mol. The van der Waals surface area contributed by atoms with E-state index in [0.717, 1.165) is 30.2 Å². The van der Waals surface area contributed by atoms with Gasteiger partial charge < -0.3 is 19.7 Å². The number of benzene rings is 2. The van der Waals surface area contributed by atoms with Crippen molar-refractivity contribution in [3.05, 3.63) is 60.7 Å². The summed E-state index contributed by atoms with van der Waals surface area (Å²) in [5, 5.41) is 11.7. The van der Waals surface area contributed by atoms with Gasteiger partial charge in [0.25, 0.3) is 5.91 Å². The van der Waals surface area contributed by atoms with Gasteiger partial charge in [-0.2, -0.15) is 0 Å². The van der Waals surface area contributed by atoms with Crippen LogP contribution in [0.3, 0.4) is 0 Å². The lowest BCUT2D eigenvalue weighted by Gasteiger charge is -2.31. The van der Waals surface area contributed by atoms with Crippen LogP contribution in [0, 0.1) is 0 Å². The van der Waals surface area contributed by atoms with Crippen LogP contribution in [-0.4, -0.2) is 41.4 Å². The third-order valence-electron chi connectivity index (χ3n) is 5.88. The van der Waals surface area contributed by atoms with E-state index in [1.165, 1.54) is 19.3 Å². The molecule has 32 heavy (non-hydrogen) atoms. The molecule has 164 valence electrons. The summed E-state index contributed by atoms with van der Waals surface area (Å²) < 4.78 is 11.7. The molecule has 5 rings (SSSR count). The van der Waals surface area contributed by atoms with E-state index in [0.29, 0.717) is 17.2 Å². The van der Waals surface area contributed by atoms with Gasteiger partial charge in [0.15, 0.2) is 17.3 Å². The maximum absolute atomic E-state index is 12.8. The molecule has 1 aromatic heterocycles. The number of ether oxygens (including phenoxy) is 2. The summed E-state index contributed by atoms with van der Waals surface area (Å²) in [7, 11) is 0. The van der Waals surface area contributed by atoms with Gasteiger partial charge in [0, 0.05) is 24.3 Å². The van der Waals surface area contributed by atoms with Gasteiger partial charge in [-0.3, -0.25) is 4.79 Å². The monoisotopic (exact) mass is 430 g/mol. The highest BCUT2D eigenvalue weighted by Gasteiger charge is 2.34. The van der Waals surface area contributed by atoms with E-state index < -0.39 is 12.2 Å². The Morgan fingerprint density at radius 1 is 0.906 bits per heavy atom. The summed E-state index contributed by atoms with van der Waals surface area (Å²) in [6.45, 7) is 3.92. The SMILES string of the molecule is C[C@@H]1Oc2ccccc2O[C@@H]1C(=O)Nc1ccc(-c2ccc(N3CCCCC3)nn2)cc1. The second-order valence-electron chi connectivity index (χ2n) is 8.20. The number of amides is 1. The number of nitrogens with zero attached hydrogens (tertiary/aromatic N) is 3. The third-order valence-corrected chi connectivity index (χ3v) is 5.88. The van der Waals surface area contributed by atoms with E-state index in [1.54, 1.807) is 6.07 Å². The smallest absolute Gasteiger partial charge is 0.269 e. The van der Waals surface area contributed by atoms with Crippen LogP contribution in [-0.2, 0) is 4.79 Å². The van der Waals surface area contributed by atoms with Gasteiger partial charge in [0.05, 0.1) is 5.69 Å². The van der Waals surface area contributed by atoms with Crippen LogP contribution in [0.25, 0.3) is 11.3 Å². The van der Waals surface area contributed by atoms with Gasteiger partial charge in [-0.25, -0.2) is 0 Å². The molecule has 1 saturated heterocycles. The molecule has 7 heteroatoms. The van der Waals surface area contributed by atoms with Crippen molar-refractivity contribution in [2.24, 2.45) is 0 Å². The molecule has 2 aromatic carbocycles. The summed E-state index contributed by atoms with van der Waals surface area (Å²) in [6.07, 6.45) is 2.59. The summed E-state index contributed by atoms with van der Waals surface area (Å²) in [6, 6.07) is 19.0. The topological polar surface area (TPSA) is 76.6 Å². The third kappa shape index (κ3) is 4.23. The molecule has 3 heterocycles. The predicted octanol–water partition coefficient (Wildman–Crippen LogP) is 4.30. The Kier molecular flexibility index (Phi) is 5.62. The molecular weight excluding hydrogens is 404 g/mol. The van der Waals surface area contributed by atoms with Crippen molar-refractivity contribution >= 4 is 17.4 Å². The van der Waals surface area contributed by atoms with E-state index in [-0.39, 0.29) is 5.91 Å². The molecular formula is C25H26N4O3. The van der Waals surface area contributed by atoms with Crippen LogP contribution in [0.5, 0.6) is 11.5 Å². The van der Waals surface area contributed by atoms with Crippen molar-refractivity contribution in [3.8, 4) is 22.8 Å². The number of hydrogen-bond acceptors (Lipinski definition) is 6. The Morgan fingerprint density at radius 3 is 2.31 bits per heavy atom. The highest BCUT2D eigenvalue weighted by molar-refractivity contribution is 5.95. The molecule has 0 unspecified atom stereocenters. The maximum Gasteiger partial charge on any atom is 0.269 e. The van der Waals surface area contributed by atoms with Gasteiger partial charge in [0.2, 0.25) is 6.10 Å². The lowest BCUT2D eigenvalue weighted by molar-refractivity contribution is -0.128. The van der Waals surface area contributed by atoms with E-state index >= 15 is 0 Å². The van der Waals surface area contributed by atoms with Crippen molar-refractivity contribution in [2.75, 3.05) is 23.3 Å². The summed E-state index contributed by atoms with van der Waals surface area (Å²) in [5.41, 5.74) is 2.43. The van der Waals surface area contributed by atoms with Gasteiger partial charge >= 0.3 is 0 Å². The molecule has 7 nitrogen and oxygen atoms in total. The molecule has 2 atom stereocenters.